The summed E-state index contributed by atoms with van der Waals surface area (Å²) in [6.45, 7) is 2.40. The summed E-state index contributed by atoms with van der Waals surface area (Å²) in [6, 6.07) is 18.2. The fourth-order valence-corrected chi connectivity index (χ4v) is 4.36. The third-order valence-electron chi connectivity index (χ3n) is 5.57. The Bertz CT molecular complexity index is 667. The molecule has 1 fully saturated rings. The zero-order chi connectivity index (χ0) is 15.6. The number of hydrogen-bond donors (Lipinski definition) is 0. The summed E-state index contributed by atoms with van der Waals surface area (Å²) in [5.74, 6) is 1.73. The van der Waals surface area contributed by atoms with Crippen LogP contribution in [-0.4, -0.2) is 25.1 Å². The molecule has 2 unspecified atom stereocenters. The second-order valence-corrected chi connectivity index (χ2v) is 6.86. The third kappa shape index (κ3) is 2.88. The fourth-order valence-electron chi connectivity index (χ4n) is 4.36. The van der Waals surface area contributed by atoms with Gasteiger partial charge in [0.2, 0.25) is 0 Å². The molecule has 2 aliphatic rings. The average molecular weight is 307 g/mol. The molecule has 1 aliphatic carbocycles. The van der Waals surface area contributed by atoms with Crippen molar-refractivity contribution < 1.29 is 4.74 Å². The third-order valence-corrected chi connectivity index (χ3v) is 5.57. The van der Waals surface area contributed by atoms with Gasteiger partial charge in [-0.3, -0.25) is 4.90 Å². The lowest BCUT2D eigenvalue weighted by atomic mass is 9.96. The number of benzene rings is 2. The van der Waals surface area contributed by atoms with Crippen molar-refractivity contribution in [3.8, 4) is 5.75 Å². The van der Waals surface area contributed by atoms with Crippen LogP contribution in [0.3, 0.4) is 0 Å². The molecule has 1 heterocycles. The molecule has 120 valence electrons. The summed E-state index contributed by atoms with van der Waals surface area (Å²) in [5.41, 5.74) is 4.53. The zero-order valence-electron chi connectivity index (χ0n) is 13.9. The van der Waals surface area contributed by atoms with Gasteiger partial charge in [-0.15, -0.1) is 0 Å². The summed E-state index contributed by atoms with van der Waals surface area (Å²) in [4.78, 5) is 2.71. The molecule has 4 rings (SSSR count). The molecule has 23 heavy (non-hydrogen) atoms. The van der Waals surface area contributed by atoms with E-state index in [0.717, 1.165) is 24.6 Å². The maximum absolute atomic E-state index is 5.44. The van der Waals surface area contributed by atoms with E-state index < -0.39 is 0 Å². The SMILES string of the molecule is COc1ccc2c(c1)C1CCCN(CCc3ccccc3)C2C1. The lowest BCUT2D eigenvalue weighted by molar-refractivity contribution is 0.209. The monoisotopic (exact) mass is 307 g/mol. The molecule has 2 aromatic carbocycles. The highest BCUT2D eigenvalue weighted by molar-refractivity contribution is 5.44. The van der Waals surface area contributed by atoms with Gasteiger partial charge >= 0.3 is 0 Å². The van der Waals surface area contributed by atoms with E-state index in [1.807, 2.05) is 0 Å². The normalized spacial score (nSPS) is 23.3. The second kappa shape index (κ2) is 6.37. The molecular weight excluding hydrogens is 282 g/mol. The van der Waals surface area contributed by atoms with Gasteiger partial charge in [0.25, 0.3) is 0 Å². The van der Waals surface area contributed by atoms with Crippen molar-refractivity contribution in [3.05, 3.63) is 65.2 Å². The van der Waals surface area contributed by atoms with Crippen LogP contribution in [-0.2, 0) is 6.42 Å². The van der Waals surface area contributed by atoms with E-state index in [1.165, 1.54) is 31.4 Å². The van der Waals surface area contributed by atoms with Crippen LogP contribution in [0, 0.1) is 0 Å². The molecule has 1 saturated heterocycles. The van der Waals surface area contributed by atoms with Crippen LogP contribution in [0.2, 0.25) is 0 Å². The molecule has 2 aromatic rings. The lowest BCUT2D eigenvalue weighted by Crippen LogP contribution is -2.30. The number of hydrogen-bond acceptors (Lipinski definition) is 2. The highest BCUT2D eigenvalue weighted by atomic mass is 16.5. The predicted octanol–water partition coefficient (Wildman–Crippen LogP) is 4.56. The summed E-state index contributed by atoms with van der Waals surface area (Å²) < 4.78 is 5.44. The molecule has 2 heteroatoms. The first-order valence-electron chi connectivity index (χ1n) is 8.81. The number of rotatable bonds is 4. The Kier molecular flexibility index (Phi) is 4.09. The Hall–Kier alpha value is -1.80. The van der Waals surface area contributed by atoms with Crippen LogP contribution >= 0.6 is 0 Å². The Morgan fingerprint density at radius 1 is 1.09 bits per heavy atom. The van der Waals surface area contributed by atoms with E-state index in [4.69, 9.17) is 4.74 Å². The molecule has 2 bridgehead atoms. The first-order valence-corrected chi connectivity index (χ1v) is 8.81. The Balaban J connectivity index is 1.55. The molecule has 0 amide bonds. The van der Waals surface area contributed by atoms with Gasteiger partial charge in [0, 0.05) is 12.6 Å². The minimum Gasteiger partial charge on any atom is -0.497 e. The predicted molar refractivity (Wildman–Crippen MR) is 94.0 cm³/mol. The standard InChI is InChI=1S/C21H25NO/c1-23-18-9-10-19-20(15-18)17-8-5-12-22(21(19)14-17)13-11-16-6-3-2-4-7-16/h2-4,6-7,9-10,15,17,21H,5,8,11-14H2,1H3. The lowest BCUT2D eigenvalue weighted by Gasteiger charge is -2.29. The Labute approximate surface area is 139 Å². The van der Waals surface area contributed by atoms with Gasteiger partial charge in [-0.05, 0) is 67.0 Å². The van der Waals surface area contributed by atoms with Gasteiger partial charge in [0.1, 0.15) is 5.75 Å². The van der Waals surface area contributed by atoms with Crippen molar-refractivity contribution in [1.82, 2.24) is 4.90 Å². The van der Waals surface area contributed by atoms with Crippen LogP contribution < -0.4 is 4.74 Å². The fraction of sp³-hybridized carbons (Fsp3) is 0.429. The maximum atomic E-state index is 5.44. The van der Waals surface area contributed by atoms with E-state index in [2.05, 4.69) is 53.4 Å². The minimum absolute atomic E-state index is 0.604. The molecule has 0 N–H and O–H groups in total. The number of nitrogens with zero attached hydrogens (tertiary/aromatic N) is 1. The summed E-state index contributed by atoms with van der Waals surface area (Å²) in [7, 11) is 1.77. The maximum Gasteiger partial charge on any atom is 0.119 e. The summed E-state index contributed by atoms with van der Waals surface area (Å²) in [6.07, 6.45) is 5.07. The Morgan fingerprint density at radius 3 is 2.78 bits per heavy atom. The molecule has 0 radical (unpaired) electrons. The van der Waals surface area contributed by atoms with E-state index in [-0.39, 0.29) is 0 Å². The molecule has 0 saturated carbocycles. The zero-order valence-corrected chi connectivity index (χ0v) is 13.9. The van der Waals surface area contributed by atoms with Gasteiger partial charge in [-0.25, -0.2) is 0 Å². The van der Waals surface area contributed by atoms with Gasteiger partial charge < -0.3 is 4.74 Å². The van der Waals surface area contributed by atoms with Crippen molar-refractivity contribution >= 4 is 0 Å². The van der Waals surface area contributed by atoms with E-state index in [0.29, 0.717) is 6.04 Å². The van der Waals surface area contributed by atoms with Crippen molar-refractivity contribution in [2.45, 2.75) is 37.6 Å². The molecule has 0 aromatic heterocycles. The number of methoxy groups -OCH3 is 1. The largest absolute Gasteiger partial charge is 0.497 e. The van der Waals surface area contributed by atoms with Crippen LogP contribution in [0.25, 0.3) is 0 Å². The molecule has 0 spiro atoms. The van der Waals surface area contributed by atoms with Gasteiger partial charge in [-0.1, -0.05) is 36.4 Å². The van der Waals surface area contributed by atoms with E-state index in [9.17, 15) is 0 Å². The van der Waals surface area contributed by atoms with Crippen molar-refractivity contribution in [2.75, 3.05) is 20.2 Å². The highest BCUT2D eigenvalue weighted by Crippen LogP contribution is 2.48. The number of likely N-dealkylation sites (tertiary alicyclic amines) is 1. The molecule has 1 aliphatic heterocycles. The number of ether oxygens (including phenoxy) is 1. The minimum atomic E-state index is 0.604. The van der Waals surface area contributed by atoms with Crippen LogP contribution in [0.4, 0.5) is 0 Å². The van der Waals surface area contributed by atoms with Gasteiger partial charge in [0.15, 0.2) is 0 Å². The Morgan fingerprint density at radius 2 is 1.96 bits per heavy atom. The average Bonchev–Trinajstić information content (AvgIpc) is 2.82. The smallest absolute Gasteiger partial charge is 0.119 e. The van der Waals surface area contributed by atoms with Crippen LogP contribution in [0.5, 0.6) is 5.75 Å². The first-order chi connectivity index (χ1) is 11.3. The highest BCUT2D eigenvalue weighted by Gasteiger charge is 2.36. The first kappa shape index (κ1) is 14.8. The second-order valence-electron chi connectivity index (χ2n) is 6.86. The summed E-state index contributed by atoms with van der Waals surface area (Å²) in [5, 5.41) is 0. The van der Waals surface area contributed by atoms with Crippen molar-refractivity contribution in [3.63, 3.8) is 0 Å². The summed E-state index contributed by atoms with van der Waals surface area (Å²) >= 11 is 0. The van der Waals surface area contributed by atoms with Crippen molar-refractivity contribution in [2.24, 2.45) is 0 Å². The molecule has 2 nitrogen and oxygen atoms in total. The van der Waals surface area contributed by atoms with Crippen molar-refractivity contribution in [1.29, 1.82) is 0 Å². The quantitative estimate of drug-likeness (QED) is 0.821. The molecule has 2 atom stereocenters. The topological polar surface area (TPSA) is 12.5 Å². The molecular formula is C21H25NO. The van der Waals surface area contributed by atoms with E-state index >= 15 is 0 Å². The van der Waals surface area contributed by atoms with Gasteiger partial charge in [-0.2, -0.15) is 0 Å². The number of fused-ring (bicyclic) bond motifs is 5. The van der Waals surface area contributed by atoms with E-state index in [1.54, 1.807) is 18.2 Å². The van der Waals surface area contributed by atoms with Crippen LogP contribution in [0.15, 0.2) is 48.5 Å². The van der Waals surface area contributed by atoms with Gasteiger partial charge in [0.05, 0.1) is 7.11 Å². The van der Waals surface area contributed by atoms with Crippen LogP contribution in [0.1, 0.15) is 47.9 Å².